The molecule has 1 aliphatic carbocycles. The lowest BCUT2D eigenvalue weighted by molar-refractivity contribution is -0.150. The second-order valence-electron chi connectivity index (χ2n) is 6.33. The number of amides is 2. The molecule has 1 aliphatic heterocycles. The van der Waals surface area contributed by atoms with Gasteiger partial charge in [0.1, 0.15) is 0 Å². The lowest BCUT2D eigenvalue weighted by atomic mass is 9.74. The molecule has 3 N–H and O–H groups in total. The fourth-order valence-corrected chi connectivity index (χ4v) is 3.27. The van der Waals surface area contributed by atoms with Crippen LogP contribution in [0.1, 0.15) is 45.4 Å². The minimum absolute atomic E-state index is 0.175. The van der Waals surface area contributed by atoms with Crippen LogP contribution in [0.5, 0.6) is 0 Å². The first-order chi connectivity index (χ1) is 10.0. The molecule has 6 nitrogen and oxygen atoms in total. The van der Waals surface area contributed by atoms with E-state index in [9.17, 15) is 14.7 Å². The first kappa shape index (κ1) is 16.1. The van der Waals surface area contributed by atoms with Crippen molar-refractivity contribution >= 4 is 12.0 Å². The quantitative estimate of drug-likeness (QED) is 0.721. The highest BCUT2D eigenvalue weighted by atomic mass is 16.5. The summed E-state index contributed by atoms with van der Waals surface area (Å²) < 4.78 is 5.45. The zero-order chi connectivity index (χ0) is 15.3. The third kappa shape index (κ3) is 4.09. The molecule has 0 bridgehead atoms. The Morgan fingerprint density at radius 2 is 1.95 bits per heavy atom. The van der Waals surface area contributed by atoms with E-state index < -0.39 is 11.4 Å². The van der Waals surface area contributed by atoms with Crippen LogP contribution in [0.2, 0.25) is 0 Å². The molecule has 0 aromatic rings. The van der Waals surface area contributed by atoms with E-state index in [4.69, 9.17) is 4.74 Å². The molecule has 21 heavy (non-hydrogen) atoms. The second-order valence-corrected chi connectivity index (χ2v) is 6.33. The topological polar surface area (TPSA) is 87.7 Å². The van der Waals surface area contributed by atoms with Crippen LogP contribution in [0.3, 0.4) is 0 Å². The van der Waals surface area contributed by atoms with Gasteiger partial charge in [-0.3, -0.25) is 4.79 Å². The van der Waals surface area contributed by atoms with Gasteiger partial charge < -0.3 is 20.5 Å². The number of nitrogens with one attached hydrogen (secondary N) is 2. The van der Waals surface area contributed by atoms with Crippen LogP contribution in [0.25, 0.3) is 0 Å². The van der Waals surface area contributed by atoms with E-state index in [0.29, 0.717) is 25.3 Å². The molecule has 0 radical (unpaired) electrons. The predicted molar refractivity (Wildman–Crippen MR) is 78.1 cm³/mol. The van der Waals surface area contributed by atoms with E-state index in [1.807, 2.05) is 6.92 Å². The van der Waals surface area contributed by atoms with E-state index in [0.717, 1.165) is 32.3 Å². The van der Waals surface area contributed by atoms with Crippen molar-refractivity contribution in [1.29, 1.82) is 0 Å². The van der Waals surface area contributed by atoms with Crippen molar-refractivity contribution in [2.24, 2.45) is 11.3 Å². The number of carboxylic acids is 1. The van der Waals surface area contributed by atoms with E-state index in [2.05, 4.69) is 10.6 Å². The molecule has 120 valence electrons. The number of carbonyl (C=O) groups excluding carboxylic acids is 1. The van der Waals surface area contributed by atoms with Crippen molar-refractivity contribution in [3.8, 4) is 0 Å². The van der Waals surface area contributed by atoms with Crippen LogP contribution >= 0.6 is 0 Å². The van der Waals surface area contributed by atoms with Crippen molar-refractivity contribution in [1.82, 2.24) is 10.6 Å². The van der Waals surface area contributed by atoms with E-state index in [1.54, 1.807) is 0 Å². The van der Waals surface area contributed by atoms with Crippen LogP contribution in [0, 0.1) is 11.3 Å². The summed E-state index contributed by atoms with van der Waals surface area (Å²) in [5, 5.41) is 15.0. The molecule has 0 aromatic carbocycles. The number of rotatable bonds is 5. The van der Waals surface area contributed by atoms with E-state index >= 15 is 0 Å². The predicted octanol–water partition coefficient (Wildman–Crippen LogP) is 1.75. The summed E-state index contributed by atoms with van der Waals surface area (Å²) in [6, 6.07) is -0.278. The number of hydrogen-bond donors (Lipinski definition) is 3. The summed E-state index contributed by atoms with van der Waals surface area (Å²) in [7, 11) is 0. The molecule has 2 rings (SSSR count). The minimum Gasteiger partial charge on any atom is -0.481 e. The van der Waals surface area contributed by atoms with Crippen LogP contribution < -0.4 is 10.6 Å². The normalized spacial score (nSPS) is 28.0. The Morgan fingerprint density at radius 3 is 2.52 bits per heavy atom. The van der Waals surface area contributed by atoms with E-state index in [1.165, 1.54) is 0 Å². The highest BCUT2D eigenvalue weighted by molar-refractivity contribution is 5.78. The SMILES string of the molecule is CC1OCCC1CNC(=O)NCC1(C(=O)O)CCCCC1. The van der Waals surface area contributed by atoms with Gasteiger partial charge >= 0.3 is 12.0 Å². The molecule has 2 fully saturated rings. The average molecular weight is 298 g/mol. The second kappa shape index (κ2) is 7.11. The van der Waals surface area contributed by atoms with Gasteiger partial charge in [-0.1, -0.05) is 19.3 Å². The lowest BCUT2D eigenvalue weighted by Crippen LogP contribution is -2.48. The highest BCUT2D eigenvalue weighted by Gasteiger charge is 2.39. The molecule has 6 heteroatoms. The maximum absolute atomic E-state index is 11.9. The molecule has 0 spiro atoms. The van der Waals surface area contributed by atoms with Crippen LogP contribution in [-0.2, 0) is 9.53 Å². The largest absolute Gasteiger partial charge is 0.481 e. The van der Waals surface area contributed by atoms with Crippen LogP contribution in [0.15, 0.2) is 0 Å². The number of carbonyl (C=O) groups is 2. The smallest absolute Gasteiger partial charge is 0.314 e. The molecule has 0 aromatic heterocycles. The molecule has 2 unspecified atom stereocenters. The molecule has 1 heterocycles. The van der Waals surface area contributed by atoms with Gasteiger partial charge in [0.2, 0.25) is 0 Å². The standard InChI is InChI=1S/C15H26N2O4/c1-11-12(5-8-21-11)9-16-14(20)17-10-15(13(18)19)6-3-2-4-7-15/h11-12H,2-10H2,1H3,(H,18,19)(H2,16,17,20). The zero-order valence-electron chi connectivity index (χ0n) is 12.7. The Morgan fingerprint density at radius 1 is 1.24 bits per heavy atom. The van der Waals surface area contributed by atoms with Crippen molar-refractivity contribution in [3.63, 3.8) is 0 Å². The molecule has 1 saturated heterocycles. The van der Waals surface area contributed by atoms with Gasteiger partial charge in [0, 0.05) is 25.6 Å². The Balaban J connectivity index is 1.75. The number of urea groups is 1. The van der Waals surface area contributed by atoms with Gasteiger partial charge in [0.15, 0.2) is 0 Å². The van der Waals surface area contributed by atoms with Crippen molar-refractivity contribution < 1.29 is 19.4 Å². The number of ether oxygens (including phenoxy) is 1. The van der Waals surface area contributed by atoms with Gasteiger partial charge in [-0.05, 0) is 26.2 Å². The van der Waals surface area contributed by atoms with Crippen molar-refractivity contribution in [2.75, 3.05) is 19.7 Å². The summed E-state index contributed by atoms with van der Waals surface area (Å²) in [6.45, 7) is 3.55. The molecular formula is C15H26N2O4. The summed E-state index contributed by atoms with van der Waals surface area (Å²) >= 11 is 0. The maximum atomic E-state index is 11.9. The summed E-state index contributed by atoms with van der Waals surface area (Å²) in [5.41, 5.74) is -0.778. The Labute approximate surface area is 125 Å². The summed E-state index contributed by atoms with van der Waals surface area (Å²) in [6.07, 6.45) is 5.36. The summed E-state index contributed by atoms with van der Waals surface area (Å²) in [4.78, 5) is 23.4. The molecule has 2 atom stereocenters. The van der Waals surface area contributed by atoms with E-state index in [-0.39, 0.29) is 18.7 Å². The monoisotopic (exact) mass is 298 g/mol. The third-order valence-electron chi connectivity index (χ3n) is 4.91. The molecule has 1 saturated carbocycles. The average Bonchev–Trinajstić information content (AvgIpc) is 2.89. The van der Waals surface area contributed by atoms with Gasteiger partial charge in [0.25, 0.3) is 0 Å². The van der Waals surface area contributed by atoms with Crippen molar-refractivity contribution in [2.45, 2.75) is 51.6 Å². The van der Waals surface area contributed by atoms with Gasteiger partial charge in [-0.25, -0.2) is 4.79 Å². The van der Waals surface area contributed by atoms with Gasteiger partial charge in [-0.15, -0.1) is 0 Å². The Hall–Kier alpha value is -1.30. The van der Waals surface area contributed by atoms with Gasteiger partial charge in [-0.2, -0.15) is 0 Å². The Bertz CT molecular complexity index is 380. The first-order valence-electron chi connectivity index (χ1n) is 7.90. The number of carboxylic acid groups (broad SMARTS) is 1. The highest BCUT2D eigenvalue weighted by Crippen LogP contribution is 2.35. The fourth-order valence-electron chi connectivity index (χ4n) is 3.27. The summed E-state index contributed by atoms with van der Waals surface area (Å²) in [5.74, 6) is -0.445. The zero-order valence-corrected chi connectivity index (χ0v) is 12.7. The Kier molecular flexibility index (Phi) is 5.45. The molecule has 2 aliphatic rings. The van der Waals surface area contributed by atoms with Crippen LogP contribution in [0.4, 0.5) is 4.79 Å². The molecular weight excluding hydrogens is 272 g/mol. The first-order valence-corrected chi connectivity index (χ1v) is 7.90. The molecule has 2 amide bonds. The minimum atomic E-state index is -0.791. The number of aliphatic carboxylic acids is 1. The van der Waals surface area contributed by atoms with Gasteiger partial charge in [0.05, 0.1) is 11.5 Å². The lowest BCUT2D eigenvalue weighted by Gasteiger charge is -2.33. The van der Waals surface area contributed by atoms with Crippen LogP contribution in [-0.4, -0.2) is 42.9 Å². The third-order valence-corrected chi connectivity index (χ3v) is 4.91. The van der Waals surface area contributed by atoms with Crippen molar-refractivity contribution in [3.05, 3.63) is 0 Å². The maximum Gasteiger partial charge on any atom is 0.314 e. The fraction of sp³-hybridized carbons (Fsp3) is 0.867. The number of hydrogen-bond acceptors (Lipinski definition) is 3.